The molecule has 0 radical (unpaired) electrons. The second-order valence-electron chi connectivity index (χ2n) is 3.33. The van der Waals surface area contributed by atoms with Gasteiger partial charge in [-0.05, 0) is 12.1 Å². The Morgan fingerprint density at radius 3 is 2.33 bits per heavy atom. The lowest BCUT2D eigenvalue weighted by molar-refractivity contribution is -0.165. The Bertz CT molecular complexity index is 406. The lowest BCUT2D eigenvalue weighted by Crippen LogP contribution is -2.37. The molecular formula is C12H13IO5. The van der Waals surface area contributed by atoms with Gasteiger partial charge in [-0.15, -0.1) is 0 Å². The van der Waals surface area contributed by atoms with E-state index in [1.54, 1.807) is 24.3 Å². The van der Waals surface area contributed by atoms with Crippen LogP contribution in [0, 0.1) is 0 Å². The highest BCUT2D eigenvalue weighted by Gasteiger charge is 2.31. The van der Waals surface area contributed by atoms with Crippen molar-refractivity contribution in [1.82, 2.24) is 0 Å². The first-order valence-corrected chi connectivity index (χ1v) is 6.40. The van der Waals surface area contributed by atoms with Crippen LogP contribution in [0.15, 0.2) is 30.3 Å². The average molecular weight is 364 g/mol. The number of esters is 2. The Balaban J connectivity index is 2.78. The number of rotatable bonds is 5. The molecule has 1 aromatic carbocycles. The maximum absolute atomic E-state index is 11.4. The number of halogens is 1. The molecule has 5 nitrogen and oxygen atoms in total. The van der Waals surface area contributed by atoms with E-state index >= 15 is 0 Å². The van der Waals surface area contributed by atoms with Gasteiger partial charge in [0.25, 0.3) is 6.29 Å². The van der Waals surface area contributed by atoms with Crippen LogP contribution in [0.2, 0.25) is 0 Å². The summed E-state index contributed by atoms with van der Waals surface area (Å²) in [7, 11) is 1.27. The van der Waals surface area contributed by atoms with Crippen LogP contribution >= 0.6 is 22.6 Å². The summed E-state index contributed by atoms with van der Waals surface area (Å²) in [5.74, 6) is -0.534. The molecule has 98 valence electrons. The SMILES string of the molecule is COC(=O)C(I)C(OC(C)=O)Oc1ccccc1. The first-order valence-electron chi connectivity index (χ1n) is 5.15. The Hall–Kier alpha value is -1.31. The molecule has 0 amide bonds. The quantitative estimate of drug-likeness (QED) is 0.346. The lowest BCUT2D eigenvalue weighted by atomic mass is 10.3. The van der Waals surface area contributed by atoms with Crippen LogP contribution in [0.4, 0.5) is 0 Å². The van der Waals surface area contributed by atoms with Crippen molar-refractivity contribution in [1.29, 1.82) is 0 Å². The van der Waals surface area contributed by atoms with Crippen LogP contribution in [0.3, 0.4) is 0 Å². The molecule has 2 unspecified atom stereocenters. The van der Waals surface area contributed by atoms with Gasteiger partial charge in [0, 0.05) is 6.92 Å². The normalized spacial score (nSPS) is 13.3. The number of hydrogen-bond acceptors (Lipinski definition) is 5. The van der Waals surface area contributed by atoms with E-state index in [0.717, 1.165) is 0 Å². The number of hydrogen-bond donors (Lipinski definition) is 0. The molecule has 18 heavy (non-hydrogen) atoms. The first-order chi connectivity index (χ1) is 8.54. The van der Waals surface area contributed by atoms with E-state index in [2.05, 4.69) is 4.74 Å². The molecule has 0 aliphatic heterocycles. The molecule has 0 saturated carbocycles. The maximum Gasteiger partial charge on any atom is 0.326 e. The van der Waals surface area contributed by atoms with E-state index in [9.17, 15) is 9.59 Å². The monoisotopic (exact) mass is 364 g/mol. The van der Waals surface area contributed by atoms with Crippen LogP contribution in [0.25, 0.3) is 0 Å². The molecule has 0 saturated heterocycles. The summed E-state index contributed by atoms with van der Waals surface area (Å²) < 4.78 is 14.3. The minimum Gasteiger partial charge on any atom is -0.468 e. The summed E-state index contributed by atoms with van der Waals surface area (Å²) in [5, 5.41) is 0. The van der Waals surface area contributed by atoms with Crippen LogP contribution in [-0.2, 0) is 19.1 Å². The zero-order chi connectivity index (χ0) is 13.5. The molecule has 2 atom stereocenters. The predicted molar refractivity (Wildman–Crippen MR) is 72.4 cm³/mol. The fourth-order valence-electron chi connectivity index (χ4n) is 1.16. The van der Waals surface area contributed by atoms with Gasteiger partial charge >= 0.3 is 11.9 Å². The highest BCUT2D eigenvalue weighted by molar-refractivity contribution is 14.1. The third kappa shape index (κ3) is 4.52. The molecule has 1 aromatic rings. The number of alkyl halides is 1. The fourth-order valence-corrected chi connectivity index (χ4v) is 1.71. The van der Waals surface area contributed by atoms with Gasteiger partial charge in [-0.2, -0.15) is 0 Å². The maximum atomic E-state index is 11.4. The smallest absolute Gasteiger partial charge is 0.326 e. The Morgan fingerprint density at radius 1 is 1.22 bits per heavy atom. The van der Waals surface area contributed by atoms with E-state index < -0.39 is 22.2 Å². The summed E-state index contributed by atoms with van der Waals surface area (Å²) >= 11 is 1.81. The molecule has 6 heteroatoms. The van der Waals surface area contributed by atoms with Crippen molar-refractivity contribution in [2.24, 2.45) is 0 Å². The zero-order valence-electron chi connectivity index (χ0n) is 9.96. The number of methoxy groups -OCH3 is 1. The molecule has 0 fully saturated rings. The number of carbonyl (C=O) groups is 2. The molecule has 0 heterocycles. The van der Waals surface area contributed by atoms with Gasteiger partial charge in [0.2, 0.25) is 0 Å². The lowest BCUT2D eigenvalue weighted by Gasteiger charge is -2.21. The number of ether oxygens (including phenoxy) is 3. The van der Waals surface area contributed by atoms with Crippen molar-refractivity contribution >= 4 is 34.5 Å². The van der Waals surface area contributed by atoms with Gasteiger partial charge in [-0.3, -0.25) is 9.59 Å². The van der Waals surface area contributed by atoms with Crippen LogP contribution in [0.5, 0.6) is 5.75 Å². The van der Waals surface area contributed by atoms with Gasteiger partial charge in [-0.1, -0.05) is 40.8 Å². The second kappa shape index (κ2) is 7.20. The summed E-state index contributed by atoms with van der Waals surface area (Å²) in [5.41, 5.74) is 0. The second-order valence-corrected chi connectivity index (χ2v) is 4.68. The highest BCUT2D eigenvalue weighted by Crippen LogP contribution is 2.18. The number of benzene rings is 1. The van der Waals surface area contributed by atoms with Crippen molar-refractivity contribution in [3.8, 4) is 5.75 Å². The fraction of sp³-hybridized carbons (Fsp3) is 0.333. The van der Waals surface area contributed by atoms with Gasteiger partial charge in [0.15, 0.2) is 3.92 Å². The average Bonchev–Trinajstić information content (AvgIpc) is 2.37. The molecule has 0 aliphatic carbocycles. The summed E-state index contributed by atoms with van der Waals surface area (Å²) in [6.07, 6.45) is -1.02. The van der Waals surface area contributed by atoms with Gasteiger partial charge < -0.3 is 14.2 Å². The van der Waals surface area contributed by atoms with Crippen molar-refractivity contribution in [3.05, 3.63) is 30.3 Å². The van der Waals surface area contributed by atoms with E-state index in [4.69, 9.17) is 9.47 Å². The third-order valence-electron chi connectivity index (χ3n) is 1.94. The molecule has 1 rings (SSSR count). The zero-order valence-corrected chi connectivity index (χ0v) is 12.1. The summed E-state index contributed by atoms with van der Waals surface area (Å²) in [6, 6.07) is 8.80. The van der Waals surface area contributed by atoms with Gasteiger partial charge in [0.1, 0.15) is 5.75 Å². The molecule has 0 aliphatic rings. The van der Waals surface area contributed by atoms with Gasteiger partial charge in [-0.25, -0.2) is 0 Å². The molecule has 0 N–H and O–H groups in total. The van der Waals surface area contributed by atoms with E-state index in [-0.39, 0.29) is 0 Å². The van der Waals surface area contributed by atoms with Gasteiger partial charge in [0.05, 0.1) is 7.11 Å². The van der Waals surface area contributed by atoms with Crippen molar-refractivity contribution in [3.63, 3.8) is 0 Å². The Morgan fingerprint density at radius 2 is 1.83 bits per heavy atom. The molecule has 0 bridgehead atoms. The van der Waals surface area contributed by atoms with Crippen molar-refractivity contribution in [2.45, 2.75) is 17.1 Å². The van der Waals surface area contributed by atoms with Crippen LogP contribution < -0.4 is 4.74 Å². The standard InChI is InChI=1S/C12H13IO5/c1-8(14)17-12(10(13)11(15)16-2)18-9-6-4-3-5-7-9/h3-7,10,12H,1-2H3. The van der Waals surface area contributed by atoms with E-state index in [0.29, 0.717) is 5.75 Å². The Kier molecular flexibility index (Phi) is 5.90. The van der Waals surface area contributed by atoms with Crippen molar-refractivity contribution in [2.75, 3.05) is 7.11 Å². The molecular weight excluding hydrogens is 351 g/mol. The van der Waals surface area contributed by atoms with Crippen LogP contribution in [-0.4, -0.2) is 29.3 Å². The Labute approximate surface area is 119 Å². The summed E-state index contributed by atoms with van der Waals surface area (Å²) in [4.78, 5) is 22.4. The third-order valence-corrected chi connectivity index (χ3v) is 3.04. The minimum atomic E-state index is -1.02. The summed E-state index contributed by atoms with van der Waals surface area (Å²) in [6.45, 7) is 1.25. The van der Waals surface area contributed by atoms with Crippen molar-refractivity contribution < 1.29 is 23.8 Å². The largest absolute Gasteiger partial charge is 0.468 e. The molecule has 0 aromatic heterocycles. The number of para-hydroxylation sites is 1. The van der Waals surface area contributed by atoms with E-state index in [1.165, 1.54) is 14.0 Å². The van der Waals surface area contributed by atoms with Crippen LogP contribution in [0.1, 0.15) is 6.92 Å². The topological polar surface area (TPSA) is 61.8 Å². The first kappa shape index (κ1) is 14.7. The highest BCUT2D eigenvalue weighted by atomic mass is 127. The predicted octanol–water partition coefficient (Wildman–Crippen LogP) is 1.93. The molecule has 0 spiro atoms. The minimum absolute atomic E-state index is 0.509. The number of carbonyl (C=O) groups excluding carboxylic acids is 2. The van der Waals surface area contributed by atoms with E-state index in [1.807, 2.05) is 28.7 Å².